The molecule has 1 amide bonds. The van der Waals surface area contributed by atoms with E-state index in [2.05, 4.69) is 15.6 Å². The first-order valence-electron chi connectivity index (χ1n) is 5.28. The van der Waals surface area contributed by atoms with Gasteiger partial charge in [-0.2, -0.15) is 0 Å². The van der Waals surface area contributed by atoms with Crippen molar-refractivity contribution in [3.8, 4) is 0 Å². The van der Waals surface area contributed by atoms with Crippen molar-refractivity contribution in [1.29, 1.82) is 0 Å². The summed E-state index contributed by atoms with van der Waals surface area (Å²) in [6, 6.07) is 0. The molecule has 1 atom stereocenters. The Morgan fingerprint density at radius 1 is 1.81 bits per heavy atom. The first-order chi connectivity index (χ1) is 7.75. The van der Waals surface area contributed by atoms with Crippen LogP contribution >= 0.6 is 11.3 Å². The fraction of sp³-hybridized carbons (Fsp3) is 0.600. The molecular weight excluding hydrogens is 226 g/mol. The standard InChI is InChI=1S/C10H15N3O2S/c1-7-13-9(6-16-7)10(14)12-5-8-4-11-2-3-15-8/h6,8,11H,2-5H2,1H3,(H,12,14). The minimum Gasteiger partial charge on any atom is -0.374 e. The zero-order valence-electron chi connectivity index (χ0n) is 9.16. The van der Waals surface area contributed by atoms with Crippen molar-refractivity contribution in [3.05, 3.63) is 16.1 Å². The highest BCUT2D eigenvalue weighted by molar-refractivity contribution is 7.09. The zero-order valence-corrected chi connectivity index (χ0v) is 9.97. The lowest BCUT2D eigenvalue weighted by Crippen LogP contribution is -2.45. The van der Waals surface area contributed by atoms with Gasteiger partial charge in [-0.05, 0) is 6.92 Å². The third-order valence-electron chi connectivity index (χ3n) is 2.35. The molecule has 2 heterocycles. The van der Waals surface area contributed by atoms with Crippen LogP contribution in [0.15, 0.2) is 5.38 Å². The van der Waals surface area contributed by atoms with Crippen LogP contribution in [-0.4, -0.2) is 43.2 Å². The van der Waals surface area contributed by atoms with Crippen molar-refractivity contribution in [2.45, 2.75) is 13.0 Å². The van der Waals surface area contributed by atoms with E-state index in [1.165, 1.54) is 11.3 Å². The second-order valence-corrected chi connectivity index (χ2v) is 4.72. The molecule has 2 N–H and O–H groups in total. The molecule has 1 fully saturated rings. The molecule has 1 aliphatic rings. The molecule has 16 heavy (non-hydrogen) atoms. The maximum atomic E-state index is 11.7. The second-order valence-electron chi connectivity index (χ2n) is 3.66. The highest BCUT2D eigenvalue weighted by atomic mass is 32.1. The largest absolute Gasteiger partial charge is 0.374 e. The van der Waals surface area contributed by atoms with Crippen molar-refractivity contribution in [2.75, 3.05) is 26.2 Å². The lowest BCUT2D eigenvalue weighted by atomic mass is 10.3. The highest BCUT2D eigenvalue weighted by Gasteiger charge is 2.15. The number of thiazole rings is 1. The SMILES string of the molecule is Cc1nc(C(=O)NCC2CNCCO2)cs1. The lowest BCUT2D eigenvalue weighted by Gasteiger charge is -2.23. The number of amides is 1. The number of nitrogens with one attached hydrogen (secondary N) is 2. The third-order valence-corrected chi connectivity index (χ3v) is 3.12. The van der Waals surface area contributed by atoms with Gasteiger partial charge >= 0.3 is 0 Å². The summed E-state index contributed by atoms with van der Waals surface area (Å²) in [6.45, 7) is 4.79. The molecule has 0 bridgehead atoms. The van der Waals surface area contributed by atoms with Crippen molar-refractivity contribution < 1.29 is 9.53 Å². The first kappa shape index (κ1) is 11.5. The van der Waals surface area contributed by atoms with E-state index >= 15 is 0 Å². The fourth-order valence-electron chi connectivity index (χ4n) is 1.52. The van der Waals surface area contributed by atoms with Gasteiger partial charge in [-0.1, -0.05) is 0 Å². The zero-order chi connectivity index (χ0) is 11.4. The Bertz CT molecular complexity index is 361. The molecule has 1 aromatic heterocycles. The summed E-state index contributed by atoms with van der Waals surface area (Å²) in [5.74, 6) is -0.126. The number of carbonyl (C=O) groups is 1. The number of morpholine rings is 1. The van der Waals surface area contributed by atoms with Crippen molar-refractivity contribution in [3.63, 3.8) is 0 Å². The summed E-state index contributed by atoms with van der Waals surface area (Å²) in [6.07, 6.45) is 0.0671. The minimum absolute atomic E-state index is 0.0671. The maximum absolute atomic E-state index is 11.7. The van der Waals surface area contributed by atoms with Crippen LogP contribution in [0, 0.1) is 6.92 Å². The summed E-state index contributed by atoms with van der Waals surface area (Å²) in [5, 5.41) is 8.71. The van der Waals surface area contributed by atoms with Crippen LogP contribution in [0.5, 0.6) is 0 Å². The Hall–Kier alpha value is -0.980. The molecule has 1 aliphatic heterocycles. The summed E-state index contributed by atoms with van der Waals surface area (Å²) < 4.78 is 5.47. The van der Waals surface area contributed by atoms with E-state index in [4.69, 9.17) is 4.74 Å². The van der Waals surface area contributed by atoms with E-state index < -0.39 is 0 Å². The van der Waals surface area contributed by atoms with Crippen molar-refractivity contribution in [2.24, 2.45) is 0 Å². The number of aromatic nitrogens is 1. The van der Waals surface area contributed by atoms with Crippen LogP contribution in [0.1, 0.15) is 15.5 Å². The van der Waals surface area contributed by atoms with Gasteiger partial charge in [-0.15, -0.1) is 11.3 Å². The third kappa shape index (κ3) is 3.01. The number of rotatable bonds is 3. The topological polar surface area (TPSA) is 63.2 Å². The molecule has 1 unspecified atom stereocenters. The van der Waals surface area contributed by atoms with Gasteiger partial charge in [-0.25, -0.2) is 4.98 Å². The Labute approximate surface area is 98.2 Å². The van der Waals surface area contributed by atoms with Gasteiger partial charge < -0.3 is 15.4 Å². The van der Waals surface area contributed by atoms with Crippen LogP contribution in [0.25, 0.3) is 0 Å². The van der Waals surface area contributed by atoms with Gasteiger partial charge in [0.25, 0.3) is 5.91 Å². The highest BCUT2D eigenvalue weighted by Crippen LogP contribution is 2.07. The Balaban J connectivity index is 1.79. The van der Waals surface area contributed by atoms with Gasteiger partial charge in [-0.3, -0.25) is 4.79 Å². The number of hydrogen-bond donors (Lipinski definition) is 2. The smallest absolute Gasteiger partial charge is 0.270 e. The molecule has 0 saturated carbocycles. The quantitative estimate of drug-likeness (QED) is 0.792. The van der Waals surface area contributed by atoms with Gasteiger partial charge in [0.15, 0.2) is 0 Å². The van der Waals surface area contributed by atoms with E-state index in [0.29, 0.717) is 18.8 Å². The van der Waals surface area contributed by atoms with Gasteiger partial charge in [0.05, 0.1) is 17.7 Å². The minimum atomic E-state index is -0.126. The molecule has 0 aromatic carbocycles. The molecule has 0 radical (unpaired) electrons. The molecule has 1 aromatic rings. The number of ether oxygens (including phenoxy) is 1. The summed E-state index contributed by atoms with van der Waals surface area (Å²) in [5.41, 5.74) is 0.492. The predicted octanol–water partition coefficient (Wildman–Crippen LogP) is 0.170. The number of aryl methyl sites for hydroxylation is 1. The monoisotopic (exact) mass is 241 g/mol. The molecule has 5 nitrogen and oxygen atoms in total. The van der Waals surface area contributed by atoms with E-state index in [0.717, 1.165) is 18.1 Å². The molecule has 88 valence electrons. The van der Waals surface area contributed by atoms with Gasteiger partial charge in [0.1, 0.15) is 5.69 Å². The van der Waals surface area contributed by atoms with Crippen LogP contribution in [-0.2, 0) is 4.74 Å². The van der Waals surface area contributed by atoms with Crippen LogP contribution < -0.4 is 10.6 Å². The summed E-state index contributed by atoms with van der Waals surface area (Å²) in [4.78, 5) is 15.8. The molecular formula is C10H15N3O2S. The maximum Gasteiger partial charge on any atom is 0.270 e. The Morgan fingerprint density at radius 2 is 2.69 bits per heavy atom. The average molecular weight is 241 g/mol. The second kappa shape index (κ2) is 5.38. The molecule has 6 heteroatoms. The number of carbonyl (C=O) groups excluding carboxylic acids is 1. The fourth-order valence-corrected chi connectivity index (χ4v) is 2.11. The van der Waals surface area contributed by atoms with E-state index in [9.17, 15) is 4.79 Å². The molecule has 0 spiro atoms. The van der Waals surface area contributed by atoms with E-state index in [1.807, 2.05) is 6.92 Å². The van der Waals surface area contributed by atoms with Gasteiger partial charge in [0.2, 0.25) is 0 Å². The molecule has 2 rings (SSSR count). The summed E-state index contributed by atoms with van der Waals surface area (Å²) >= 11 is 1.48. The molecule has 1 saturated heterocycles. The Morgan fingerprint density at radius 3 is 3.31 bits per heavy atom. The van der Waals surface area contributed by atoms with Crippen molar-refractivity contribution in [1.82, 2.24) is 15.6 Å². The lowest BCUT2D eigenvalue weighted by molar-refractivity contribution is 0.0287. The van der Waals surface area contributed by atoms with Gasteiger partial charge in [0, 0.05) is 25.0 Å². The van der Waals surface area contributed by atoms with Crippen molar-refractivity contribution >= 4 is 17.2 Å². The Kier molecular flexibility index (Phi) is 3.87. The summed E-state index contributed by atoms with van der Waals surface area (Å²) in [7, 11) is 0. The van der Waals surface area contributed by atoms with E-state index in [-0.39, 0.29) is 12.0 Å². The normalized spacial score (nSPS) is 20.7. The number of hydrogen-bond acceptors (Lipinski definition) is 5. The predicted molar refractivity (Wildman–Crippen MR) is 61.8 cm³/mol. The van der Waals surface area contributed by atoms with Crippen LogP contribution in [0.3, 0.4) is 0 Å². The number of nitrogens with zero attached hydrogens (tertiary/aromatic N) is 1. The average Bonchev–Trinajstić information content (AvgIpc) is 2.74. The first-order valence-corrected chi connectivity index (χ1v) is 6.16. The van der Waals surface area contributed by atoms with E-state index in [1.54, 1.807) is 5.38 Å². The van der Waals surface area contributed by atoms with Crippen LogP contribution in [0.2, 0.25) is 0 Å². The molecule has 0 aliphatic carbocycles. The van der Waals surface area contributed by atoms with Crippen LogP contribution in [0.4, 0.5) is 0 Å².